The highest BCUT2D eigenvalue weighted by atomic mass is 16.2. The number of amides is 2. The lowest BCUT2D eigenvalue weighted by Crippen LogP contribution is -2.50. The van der Waals surface area contributed by atoms with E-state index < -0.39 is 6.04 Å². The number of nitrogens with zero attached hydrogens (tertiary/aromatic N) is 1. The molecule has 4 nitrogen and oxygen atoms in total. The van der Waals surface area contributed by atoms with Crippen LogP contribution in [-0.4, -0.2) is 29.3 Å². The summed E-state index contributed by atoms with van der Waals surface area (Å²) in [5, 5.41) is 3.01. The van der Waals surface area contributed by atoms with Gasteiger partial charge in [-0.3, -0.25) is 9.59 Å². The summed E-state index contributed by atoms with van der Waals surface area (Å²) in [6.07, 6.45) is 2.35. The molecule has 0 fully saturated rings. The van der Waals surface area contributed by atoms with Gasteiger partial charge >= 0.3 is 0 Å². The molecule has 0 radical (unpaired) electrons. The molecule has 0 heterocycles. The molecule has 32 heavy (non-hydrogen) atoms. The maximum Gasteiger partial charge on any atom is 0.243 e. The summed E-state index contributed by atoms with van der Waals surface area (Å²) >= 11 is 0. The summed E-state index contributed by atoms with van der Waals surface area (Å²) in [5.74, 6) is -0.106. The molecule has 0 aliphatic heterocycles. The van der Waals surface area contributed by atoms with Crippen LogP contribution in [-0.2, 0) is 29.0 Å². The van der Waals surface area contributed by atoms with Gasteiger partial charge < -0.3 is 10.2 Å². The van der Waals surface area contributed by atoms with Gasteiger partial charge in [0.25, 0.3) is 0 Å². The maximum absolute atomic E-state index is 13.5. The average molecular weight is 429 g/mol. The molecule has 1 atom stereocenters. The van der Waals surface area contributed by atoms with E-state index in [-0.39, 0.29) is 11.8 Å². The number of nitrogens with one attached hydrogen (secondary N) is 1. The Morgan fingerprint density at radius 1 is 0.781 bits per heavy atom. The van der Waals surface area contributed by atoms with Crippen LogP contribution < -0.4 is 5.32 Å². The minimum atomic E-state index is -0.563. The molecule has 0 unspecified atom stereocenters. The molecular weight excluding hydrogens is 396 g/mol. The molecule has 1 N–H and O–H groups in total. The second-order valence-electron chi connectivity index (χ2n) is 7.99. The first kappa shape index (κ1) is 23.3. The van der Waals surface area contributed by atoms with Gasteiger partial charge in [0.05, 0.1) is 0 Å². The summed E-state index contributed by atoms with van der Waals surface area (Å²) in [6, 6.07) is 29.2. The molecule has 3 aromatic rings. The molecule has 3 rings (SSSR count). The van der Waals surface area contributed by atoms with Gasteiger partial charge in [-0.05, 0) is 29.5 Å². The van der Waals surface area contributed by atoms with Gasteiger partial charge in [0.15, 0.2) is 0 Å². The second-order valence-corrected chi connectivity index (χ2v) is 7.99. The Balaban J connectivity index is 1.86. The first-order valence-corrected chi connectivity index (χ1v) is 11.4. The van der Waals surface area contributed by atoms with E-state index in [0.29, 0.717) is 32.4 Å². The molecule has 4 heteroatoms. The van der Waals surface area contributed by atoms with Crippen molar-refractivity contribution >= 4 is 11.8 Å². The van der Waals surface area contributed by atoms with Crippen LogP contribution in [0.5, 0.6) is 0 Å². The Hall–Kier alpha value is -3.40. The zero-order valence-corrected chi connectivity index (χ0v) is 18.7. The van der Waals surface area contributed by atoms with Crippen molar-refractivity contribution in [2.24, 2.45) is 0 Å². The second kappa shape index (κ2) is 12.5. The summed E-state index contributed by atoms with van der Waals surface area (Å²) in [4.78, 5) is 28.4. The number of hydrogen-bond donors (Lipinski definition) is 1. The van der Waals surface area contributed by atoms with E-state index in [1.807, 2.05) is 97.9 Å². The summed E-state index contributed by atoms with van der Waals surface area (Å²) < 4.78 is 0. The van der Waals surface area contributed by atoms with Crippen LogP contribution in [0.4, 0.5) is 0 Å². The fourth-order valence-electron chi connectivity index (χ4n) is 3.74. The molecule has 0 aliphatic carbocycles. The SMILES string of the molecule is CCCNC(=O)[C@@H](Cc1ccccc1)N(Cc1ccccc1)C(=O)CCc1ccccc1. The van der Waals surface area contributed by atoms with E-state index in [0.717, 1.165) is 23.1 Å². The lowest BCUT2D eigenvalue weighted by molar-refractivity contribution is -0.141. The lowest BCUT2D eigenvalue weighted by atomic mass is 10.0. The van der Waals surface area contributed by atoms with E-state index in [1.54, 1.807) is 4.90 Å². The summed E-state index contributed by atoms with van der Waals surface area (Å²) in [5.41, 5.74) is 3.18. The molecule has 2 amide bonds. The normalized spacial score (nSPS) is 11.5. The number of rotatable bonds is 11. The van der Waals surface area contributed by atoms with E-state index in [9.17, 15) is 9.59 Å². The zero-order valence-electron chi connectivity index (χ0n) is 18.7. The highest BCUT2D eigenvalue weighted by molar-refractivity contribution is 5.88. The van der Waals surface area contributed by atoms with Crippen LogP contribution in [0.1, 0.15) is 36.5 Å². The standard InChI is InChI=1S/C28H32N2O2/c1-2-20-29-28(32)26(21-24-14-8-4-9-15-24)30(22-25-16-10-5-11-17-25)27(31)19-18-23-12-6-3-7-13-23/h3-17,26H,2,18-22H2,1H3,(H,29,32)/t26-/m1/s1. The van der Waals surface area contributed by atoms with Crippen molar-refractivity contribution in [3.05, 3.63) is 108 Å². The Morgan fingerprint density at radius 3 is 1.88 bits per heavy atom. The lowest BCUT2D eigenvalue weighted by Gasteiger charge is -2.31. The highest BCUT2D eigenvalue weighted by Crippen LogP contribution is 2.17. The van der Waals surface area contributed by atoms with Gasteiger partial charge in [-0.25, -0.2) is 0 Å². The largest absolute Gasteiger partial charge is 0.354 e. The minimum absolute atomic E-state index is 0.00899. The Kier molecular flexibility index (Phi) is 9.05. The monoisotopic (exact) mass is 428 g/mol. The van der Waals surface area contributed by atoms with Crippen LogP contribution >= 0.6 is 0 Å². The number of aryl methyl sites for hydroxylation is 1. The molecular formula is C28H32N2O2. The third kappa shape index (κ3) is 7.09. The fourth-order valence-corrected chi connectivity index (χ4v) is 3.74. The van der Waals surface area contributed by atoms with E-state index in [1.165, 1.54) is 0 Å². The number of benzene rings is 3. The third-order valence-electron chi connectivity index (χ3n) is 5.49. The number of carbonyl (C=O) groups excluding carboxylic acids is 2. The molecule has 3 aromatic carbocycles. The number of carbonyl (C=O) groups is 2. The third-order valence-corrected chi connectivity index (χ3v) is 5.49. The van der Waals surface area contributed by atoms with Gasteiger partial charge in [-0.2, -0.15) is 0 Å². The van der Waals surface area contributed by atoms with Crippen LogP contribution in [0, 0.1) is 0 Å². The van der Waals surface area contributed by atoms with Crippen molar-refractivity contribution in [2.75, 3.05) is 6.54 Å². The smallest absolute Gasteiger partial charge is 0.243 e. The van der Waals surface area contributed by atoms with E-state index in [4.69, 9.17) is 0 Å². The predicted octanol–water partition coefficient (Wildman–Crippen LogP) is 4.79. The summed E-state index contributed by atoms with van der Waals surface area (Å²) in [6.45, 7) is 3.03. The van der Waals surface area contributed by atoms with Gasteiger partial charge in [-0.15, -0.1) is 0 Å². The van der Waals surface area contributed by atoms with Crippen molar-refractivity contribution in [1.82, 2.24) is 10.2 Å². The molecule has 0 spiro atoms. The zero-order chi connectivity index (χ0) is 22.6. The molecule has 0 saturated carbocycles. The molecule has 166 valence electrons. The molecule has 0 bridgehead atoms. The van der Waals surface area contributed by atoms with Crippen molar-refractivity contribution in [3.8, 4) is 0 Å². The van der Waals surface area contributed by atoms with Crippen LogP contribution in [0.3, 0.4) is 0 Å². The van der Waals surface area contributed by atoms with Crippen molar-refractivity contribution in [1.29, 1.82) is 0 Å². The van der Waals surface area contributed by atoms with Crippen LogP contribution in [0.2, 0.25) is 0 Å². The van der Waals surface area contributed by atoms with Crippen molar-refractivity contribution in [2.45, 2.75) is 45.2 Å². The van der Waals surface area contributed by atoms with Crippen molar-refractivity contribution < 1.29 is 9.59 Å². The Labute approximate surface area is 191 Å². The number of hydrogen-bond acceptors (Lipinski definition) is 2. The van der Waals surface area contributed by atoms with Gasteiger partial charge in [-0.1, -0.05) is 97.9 Å². The molecule has 0 saturated heterocycles. The highest BCUT2D eigenvalue weighted by Gasteiger charge is 2.29. The first-order valence-electron chi connectivity index (χ1n) is 11.4. The van der Waals surface area contributed by atoms with E-state index in [2.05, 4.69) is 5.32 Å². The minimum Gasteiger partial charge on any atom is -0.354 e. The topological polar surface area (TPSA) is 49.4 Å². The van der Waals surface area contributed by atoms with Gasteiger partial charge in [0.1, 0.15) is 6.04 Å². The van der Waals surface area contributed by atoms with Gasteiger partial charge in [0, 0.05) is 25.9 Å². The Bertz CT molecular complexity index is 958. The van der Waals surface area contributed by atoms with Crippen molar-refractivity contribution in [3.63, 3.8) is 0 Å². The Morgan fingerprint density at radius 2 is 1.31 bits per heavy atom. The summed E-state index contributed by atoms with van der Waals surface area (Å²) in [7, 11) is 0. The van der Waals surface area contributed by atoms with Crippen LogP contribution in [0.15, 0.2) is 91.0 Å². The average Bonchev–Trinajstić information content (AvgIpc) is 2.85. The van der Waals surface area contributed by atoms with E-state index >= 15 is 0 Å². The maximum atomic E-state index is 13.5. The van der Waals surface area contributed by atoms with Gasteiger partial charge in [0.2, 0.25) is 11.8 Å². The first-order chi connectivity index (χ1) is 15.7. The quantitative estimate of drug-likeness (QED) is 0.478. The predicted molar refractivity (Wildman–Crippen MR) is 129 cm³/mol. The fraction of sp³-hybridized carbons (Fsp3) is 0.286. The van der Waals surface area contributed by atoms with Crippen LogP contribution in [0.25, 0.3) is 0 Å². The molecule has 0 aliphatic rings. The molecule has 0 aromatic heterocycles.